The second-order valence-electron chi connectivity index (χ2n) is 3.99. The molecule has 0 aliphatic rings. The van der Waals surface area contributed by atoms with Gasteiger partial charge in [0, 0.05) is 12.3 Å². The highest BCUT2D eigenvalue weighted by atomic mass is 32.2. The minimum absolute atomic E-state index is 0.0664. The van der Waals surface area contributed by atoms with E-state index < -0.39 is 12.0 Å². The molecule has 16 heavy (non-hydrogen) atoms. The van der Waals surface area contributed by atoms with Gasteiger partial charge in [0.15, 0.2) is 0 Å². The largest absolute Gasteiger partial charge is 0.480 e. The van der Waals surface area contributed by atoms with Gasteiger partial charge in [-0.25, -0.2) is 0 Å². The third kappa shape index (κ3) is 8.55. The molecule has 0 aliphatic heterocycles. The standard InChI is InChI=1S/C10H20N2O3S/c1-7(2)3-4-12-9(13)6-16-5-8(11)10(14)15/h7-8H,3-6,11H2,1-2H3,(H,12,13)(H,14,15)/t8-/m0/s1. The highest BCUT2D eigenvalue weighted by Gasteiger charge is 2.11. The Labute approximate surface area is 100 Å². The van der Waals surface area contributed by atoms with E-state index in [0.29, 0.717) is 12.5 Å². The number of nitrogens with two attached hydrogens (primary N) is 1. The Bertz CT molecular complexity index is 234. The van der Waals surface area contributed by atoms with Crippen molar-refractivity contribution in [2.24, 2.45) is 11.7 Å². The summed E-state index contributed by atoms with van der Waals surface area (Å²) < 4.78 is 0. The van der Waals surface area contributed by atoms with E-state index in [-0.39, 0.29) is 17.4 Å². The van der Waals surface area contributed by atoms with Crippen LogP contribution < -0.4 is 11.1 Å². The summed E-state index contributed by atoms with van der Waals surface area (Å²) in [5.74, 6) is -0.0178. The van der Waals surface area contributed by atoms with E-state index in [0.717, 1.165) is 6.42 Å². The number of hydrogen-bond acceptors (Lipinski definition) is 4. The van der Waals surface area contributed by atoms with Crippen LogP contribution >= 0.6 is 11.8 Å². The maximum Gasteiger partial charge on any atom is 0.321 e. The molecule has 6 heteroatoms. The van der Waals surface area contributed by atoms with Gasteiger partial charge < -0.3 is 16.2 Å². The van der Waals surface area contributed by atoms with Gasteiger partial charge in [0.2, 0.25) is 5.91 Å². The molecule has 5 nitrogen and oxygen atoms in total. The first-order valence-corrected chi connectivity index (χ1v) is 6.41. The van der Waals surface area contributed by atoms with Crippen molar-refractivity contribution >= 4 is 23.6 Å². The molecule has 0 saturated carbocycles. The van der Waals surface area contributed by atoms with Crippen LogP contribution in [0.3, 0.4) is 0 Å². The Balaban J connectivity index is 3.47. The summed E-state index contributed by atoms with van der Waals surface area (Å²) in [4.78, 5) is 21.6. The number of aliphatic carboxylic acids is 1. The minimum atomic E-state index is -1.03. The summed E-state index contributed by atoms with van der Waals surface area (Å²) >= 11 is 1.24. The van der Waals surface area contributed by atoms with Crippen LogP contribution in [0.4, 0.5) is 0 Å². The van der Waals surface area contributed by atoms with E-state index in [9.17, 15) is 9.59 Å². The zero-order valence-corrected chi connectivity index (χ0v) is 10.5. The Morgan fingerprint density at radius 3 is 2.56 bits per heavy atom. The van der Waals surface area contributed by atoms with Gasteiger partial charge in [0.1, 0.15) is 6.04 Å². The topological polar surface area (TPSA) is 92.4 Å². The van der Waals surface area contributed by atoms with Crippen molar-refractivity contribution in [2.45, 2.75) is 26.3 Å². The van der Waals surface area contributed by atoms with Gasteiger partial charge in [-0.15, -0.1) is 11.8 Å². The first-order chi connectivity index (χ1) is 7.43. The highest BCUT2D eigenvalue weighted by Crippen LogP contribution is 2.02. The molecule has 0 aromatic heterocycles. The Morgan fingerprint density at radius 2 is 2.06 bits per heavy atom. The molecule has 0 aliphatic carbocycles. The number of carboxylic acid groups (broad SMARTS) is 1. The minimum Gasteiger partial charge on any atom is -0.480 e. The molecule has 0 aromatic carbocycles. The Kier molecular flexibility index (Phi) is 8.01. The van der Waals surface area contributed by atoms with Crippen molar-refractivity contribution in [1.29, 1.82) is 0 Å². The van der Waals surface area contributed by atoms with E-state index in [1.165, 1.54) is 11.8 Å². The summed E-state index contributed by atoms with van der Waals surface area (Å²) in [5, 5.41) is 11.3. The van der Waals surface area contributed by atoms with Crippen molar-refractivity contribution in [1.82, 2.24) is 5.32 Å². The summed E-state index contributed by atoms with van der Waals surface area (Å²) in [6, 6.07) is -0.895. The average Bonchev–Trinajstić information content (AvgIpc) is 2.16. The smallest absolute Gasteiger partial charge is 0.321 e. The zero-order chi connectivity index (χ0) is 12.6. The SMILES string of the molecule is CC(C)CCNC(=O)CSC[C@H](N)C(=O)O. The molecular formula is C10H20N2O3S. The molecule has 0 rings (SSSR count). The predicted octanol–water partition coefficient (Wildman–Crippen LogP) is 0.294. The first kappa shape index (κ1) is 15.2. The van der Waals surface area contributed by atoms with Crippen LogP contribution in [-0.2, 0) is 9.59 Å². The molecular weight excluding hydrogens is 228 g/mol. The number of rotatable bonds is 8. The van der Waals surface area contributed by atoms with Gasteiger partial charge in [-0.05, 0) is 12.3 Å². The van der Waals surface area contributed by atoms with Gasteiger partial charge >= 0.3 is 5.97 Å². The average molecular weight is 248 g/mol. The van der Waals surface area contributed by atoms with E-state index in [1.807, 2.05) is 0 Å². The fourth-order valence-corrected chi connectivity index (χ4v) is 1.70. The lowest BCUT2D eigenvalue weighted by Gasteiger charge is -2.08. The van der Waals surface area contributed by atoms with Crippen molar-refractivity contribution in [2.75, 3.05) is 18.1 Å². The lowest BCUT2D eigenvalue weighted by Crippen LogP contribution is -2.33. The molecule has 0 unspecified atom stereocenters. The molecule has 0 heterocycles. The van der Waals surface area contributed by atoms with Gasteiger partial charge in [-0.3, -0.25) is 9.59 Å². The third-order valence-electron chi connectivity index (χ3n) is 1.89. The molecule has 0 spiro atoms. The highest BCUT2D eigenvalue weighted by molar-refractivity contribution is 8.00. The van der Waals surface area contributed by atoms with Crippen LogP contribution in [0, 0.1) is 5.92 Å². The van der Waals surface area contributed by atoms with Gasteiger partial charge in [-0.2, -0.15) is 0 Å². The Hall–Kier alpha value is -0.750. The molecule has 1 atom stereocenters. The fourth-order valence-electron chi connectivity index (χ4n) is 0.901. The zero-order valence-electron chi connectivity index (χ0n) is 9.73. The fraction of sp³-hybridized carbons (Fsp3) is 0.800. The van der Waals surface area contributed by atoms with Crippen LogP contribution in [0.1, 0.15) is 20.3 Å². The number of thioether (sulfide) groups is 1. The summed E-state index contributed by atoms with van der Waals surface area (Å²) in [6.45, 7) is 4.85. The number of carbonyl (C=O) groups excluding carboxylic acids is 1. The first-order valence-electron chi connectivity index (χ1n) is 5.26. The number of nitrogens with one attached hydrogen (secondary N) is 1. The van der Waals surface area contributed by atoms with Crippen molar-refractivity contribution in [3.63, 3.8) is 0 Å². The van der Waals surface area contributed by atoms with Crippen molar-refractivity contribution < 1.29 is 14.7 Å². The lowest BCUT2D eigenvalue weighted by atomic mass is 10.1. The number of amides is 1. The third-order valence-corrected chi connectivity index (χ3v) is 2.95. The van der Waals surface area contributed by atoms with Crippen LogP contribution in [0.15, 0.2) is 0 Å². The van der Waals surface area contributed by atoms with Gasteiger partial charge in [0.05, 0.1) is 5.75 Å². The van der Waals surface area contributed by atoms with E-state index in [4.69, 9.17) is 10.8 Å². The molecule has 0 aromatic rings. The molecule has 0 bridgehead atoms. The van der Waals surface area contributed by atoms with Gasteiger partial charge in [0.25, 0.3) is 0 Å². The molecule has 94 valence electrons. The number of carbonyl (C=O) groups is 2. The van der Waals surface area contributed by atoms with Crippen molar-refractivity contribution in [3.8, 4) is 0 Å². The van der Waals surface area contributed by atoms with E-state index in [2.05, 4.69) is 19.2 Å². The molecule has 4 N–H and O–H groups in total. The second-order valence-corrected chi connectivity index (χ2v) is 5.02. The predicted molar refractivity (Wildman–Crippen MR) is 65.4 cm³/mol. The normalized spacial score (nSPS) is 12.5. The quantitative estimate of drug-likeness (QED) is 0.574. The molecule has 0 saturated heterocycles. The van der Waals surface area contributed by atoms with Crippen LogP contribution in [0.2, 0.25) is 0 Å². The van der Waals surface area contributed by atoms with Crippen LogP contribution in [0.25, 0.3) is 0 Å². The maximum atomic E-state index is 11.3. The monoisotopic (exact) mass is 248 g/mol. The summed E-state index contributed by atoms with van der Waals surface area (Å²) in [6.07, 6.45) is 0.949. The van der Waals surface area contributed by atoms with E-state index in [1.54, 1.807) is 0 Å². The maximum absolute atomic E-state index is 11.3. The number of hydrogen-bond donors (Lipinski definition) is 3. The molecule has 0 radical (unpaired) electrons. The molecule has 0 fully saturated rings. The lowest BCUT2D eigenvalue weighted by molar-refractivity contribution is -0.138. The van der Waals surface area contributed by atoms with Crippen molar-refractivity contribution in [3.05, 3.63) is 0 Å². The number of carboxylic acids is 1. The van der Waals surface area contributed by atoms with Crippen LogP contribution in [-0.4, -0.2) is 41.1 Å². The van der Waals surface area contributed by atoms with Gasteiger partial charge in [-0.1, -0.05) is 13.8 Å². The van der Waals surface area contributed by atoms with E-state index >= 15 is 0 Å². The van der Waals surface area contributed by atoms with Crippen LogP contribution in [0.5, 0.6) is 0 Å². The Morgan fingerprint density at radius 1 is 1.44 bits per heavy atom. The second kappa shape index (κ2) is 8.41. The summed E-state index contributed by atoms with van der Waals surface area (Å²) in [7, 11) is 0. The summed E-state index contributed by atoms with van der Waals surface area (Å²) in [5.41, 5.74) is 5.29. The molecule has 1 amide bonds.